The normalized spacial score (nSPS) is 37.3. The first-order valence-corrected chi connectivity index (χ1v) is 5.86. The van der Waals surface area contributed by atoms with Crippen LogP contribution in [-0.2, 0) is 0 Å². The van der Waals surface area contributed by atoms with Crippen LogP contribution in [-0.4, -0.2) is 60.3 Å². The van der Waals surface area contributed by atoms with Gasteiger partial charge in [0.2, 0.25) is 0 Å². The fraction of sp³-hybridized carbons (Fsp3) is 1.00. The Balaban J connectivity index is 1.84. The molecule has 82 valence electrons. The van der Waals surface area contributed by atoms with Crippen molar-refractivity contribution in [3.8, 4) is 0 Å². The van der Waals surface area contributed by atoms with E-state index in [1.54, 1.807) is 0 Å². The van der Waals surface area contributed by atoms with Gasteiger partial charge in [-0.05, 0) is 45.8 Å². The van der Waals surface area contributed by atoms with E-state index in [4.69, 9.17) is 0 Å². The van der Waals surface area contributed by atoms with Gasteiger partial charge in [-0.25, -0.2) is 0 Å². The van der Waals surface area contributed by atoms with E-state index in [0.717, 1.165) is 12.8 Å². The highest BCUT2D eigenvalue weighted by Crippen LogP contribution is 2.24. The lowest BCUT2D eigenvalue weighted by Crippen LogP contribution is -2.36. The van der Waals surface area contributed by atoms with Gasteiger partial charge in [-0.1, -0.05) is 0 Å². The molecule has 2 unspecified atom stereocenters. The van der Waals surface area contributed by atoms with Crippen LogP contribution >= 0.6 is 0 Å². The van der Waals surface area contributed by atoms with E-state index < -0.39 is 0 Å². The molecule has 14 heavy (non-hydrogen) atoms. The SMILES string of the molecule is CN1CCCN(C2CCC(O)C2)CC1. The molecule has 2 aliphatic rings. The van der Waals surface area contributed by atoms with E-state index in [-0.39, 0.29) is 6.10 Å². The number of likely N-dealkylation sites (N-methyl/N-ethyl adjacent to an activating group) is 1. The number of rotatable bonds is 1. The van der Waals surface area contributed by atoms with Crippen molar-refractivity contribution in [2.45, 2.75) is 37.8 Å². The largest absolute Gasteiger partial charge is 0.393 e. The van der Waals surface area contributed by atoms with Gasteiger partial charge in [0.15, 0.2) is 0 Å². The Morgan fingerprint density at radius 3 is 2.64 bits per heavy atom. The van der Waals surface area contributed by atoms with Crippen LogP contribution in [0.2, 0.25) is 0 Å². The van der Waals surface area contributed by atoms with Gasteiger partial charge < -0.3 is 10.0 Å². The molecule has 0 radical (unpaired) electrons. The molecule has 1 aliphatic heterocycles. The third kappa shape index (κ3) is 2.47. The van der Waals surface area contributed by atoms with Gasteiger partial charge in [-0.2, -0.15) is 0 Å². The van der Waals surface area contributed by atoms with Gasteiger partial charge in [-0.3, -0.25) is 4.90 Å². The molecule has 1 heterocycles. The van der Waals surface area contributed by atoms with Crippen molar-refractivity contribution in [2.24, 2.45) is 0 Å². The number of hydrogen-bond acceptors (Lipinski definition) is 3. The van der Waals surface area contributed by atoms with Crippen LogP contribution in [0.5, 0.6) is 0 Å². The van der Waals surface area contributed by atoms with Gasteiger partial charge in [0.1, 0.15) is 0 Å². The maximum absolute atomic E-state index is 9.52. The molecular formula is C11H22N2O. The minimum absolute atomic E-state index is 0.0269. The summed E-state index contributed by atoms with van der Waals surface area (Å²) in [6, 6.07) is 0.663. The van der Waals surface area contributed by atoms with E-state index in [1.165, 1.54) is 39.0 Å². The van der Waals surface area contributed by atoms with Crippen LogP contribution < -0.4 is 0 Å². The highest BCUT2D eigenvalue weighted by molar-refractivity contribution is 4.84. The zero-order valence-corrected chi connectivity index (χ0v) is 9.15. The predicted molar refractivity (Wildman–Crippen MR) is 57.3 cm³/mol. The molecule has 0 aromatic carbocycles. The molecule has 2 atom stereocenters. The second-order valence-electron chi connectivity index (χ2n) is 4.81. The smallest absolute Gasteiger partial charge is 0.0555 e. The summed E-state index contributed by atoms with van der Waals surface area (Å²) in [5, 5.41) is 9.52. The van der Waals surface area contributed by atoms with Crippen molar-refractivity contribution in [3.63, 3.8) is 0 Å². The zero-order chi connectivity index (χ0) is 9.97. The Morgan fingerprint density at radius 2 is 1.93 bits per heavy atom. The fourth-order valence-electron chi connectivity index (χ4n) is 2.70. The molecule has 0 amide bonds. The van der Waals surface area contributed by atoms with Gasteiger partial charge in [0.05, 0.1) is 6.10 Å². The maximum Gasteiger partial charge on any atom is 0.0555 e. The van der Waals surface area contributed by atoms with Crippen LogP contribution in [0.3, 0.4) is 0 Å². The Bertz CT molecular complexity index is 186. The Kier molecular flexibility index (Phi) is 3.42. The van der Waals surface area contributed by atoms with Gasteiger partial charge in [-0.15, -0.1) is 0 Å². The van der Waals surface area contributed by atoms with Crippen molar-refractivity contribution in [1.82, 2.24) is 9.80 Å². The van der Waals surface area contributed by atoms with Crippen molar-refractivity contribution >= 4 is 0 Å². The van der Waals surface area contributed by atoms with E-state index in [0.29, 0.717) is 6.04 Å². The van der Waals surface area contributed by atoms with Gasteiger partial charge >= 0.3 is 0 Å². The standard InChI is InChI=1S/C11H22N2O/c1-12-5-2-6-13(8-7-12)10-3-4-11(14)9-10/h10-11,14H,2-9H2,1H3. The molecule has 0 aromatic heterocycles. The van der Waals surface area contributed by atoms with Crippen molar-refractivity contribution in [2.75, 3.05) is 33.2 Å². The van der Waals surface area contributed by atoms with Crippen LogP contribution in [0, 0.1) is 0 Å². The first-order chi connectivity index (χ1) is 6.75. The predicted octanol–water partition coefficient (Wildman–Crippen LogP) is 0.537. The molecule has 1 N–H and O–H groups in total. The molecular weight excluding hydrogens is 176 g/mol. The van der Waals surface area contributed by atoms with Crippen molar-refractivity contribution in [3.05, 3.63) is 0 Å². The molecule has 1 aliphatic carbocycles. The lowest BCUT2D eigenvalue weighted by molar-refractivity contribution is 0.153. The van der Waals surface area contributed by atoms with Gasteiger partial charge in [0.25, 0.3) is 0 Å². The molecule has 2 fully saturated rings. The number of hydrogen-bond donors (Lipinski definition) is 1. The Labute approximate surface area is 86.7 Å². The molecule has 0 aromatic rings. The van der Waals surface area contributed by atoms with Gasteiger partial charge in [0, 0.05) is 19.1 Å². The molecule has 2 rings (SSSR count). The Morgan fingerprint density at radius 1 is 1.07 bits per heavy atom. The number of nitrogens with zero attached hydrogens (tertiary/aromatic N) is 2. The van der Waals surface area contributed by atoms with Crippen molar-refractivity contribution < 1.29 is 5.11 Å². The van der Waals surface area contributed by atoms with E-state index in [9.17, 15) is 5.11 Å². The number of aliphatic hydroxyl groups excluding tert-OH is 1. The molecule has 0 bridgehead atoms. The zero-order valence-electron chi connectivity index (χ0n) is 9.15. The highest BCUT2D eigenvalue weighted by atomic mass is 16.3. The summed E-state index contributed by atoms with van der Waals surface area (Å²) in [6.07, 6.45) is 4.47. The third-order valence-corrected chi connectivity index (χ3v) is 3.65. The summed E-state index contributed by atoms with van der Waals surface area (Å²) in [5.74, 6) is 0. The molecule has 1 saturated heterocycles. The second kappa shape index (κ2) is 4.60. The summed E-state index contributed by atoms with van der Waals surface area (Å²) in [5.41, 5.74) is 0. The minimum atomic E-state index is -0.0269. The quantitative estimate of drug-likeness (QED) is 0.666. The number of aliphatic hydroxyl groups is 1. The van der Waals surface area contributed by atoms with Crippen LogP contribution in [0.4, 0.5) is 0 Å². The lowest BCUT2D eigenvalue weighted by Gasteiger charge is -2.27. The van der Waals surface area contributed by atoms with Crippen LogP contribution in [0.1, 0.15) is 25.7 Å². The molecule has 1 saturated carbocycles. The second-order valence-corrected chi connectivity index (χ2v) is 4.81. The monoisotopic (exact) mass is 198 g/mol. The highest BCUT2D eigenvalue weighted by Gasteiger charge is 2.28. The average Bonchev–Trinajstić information content (AvgIpc) is 2.46. The van der Waals surface area contributed by atoms with Crippen molar-refractivity contribution in [1.29, 1.82) is 0 Å². The third-order valence-electron chi connectivity index (χ3n) is 3.65. The minimum Gasteiger partial charge on any atom is -0.393 e. The van der Waals surface area contributed by atoms with E-state index in [1.807, 2.05) is 0 Å². The summed E-state index contributed by atoms with van der Waals surface area (Å²) >= 11 is 0. The first kappa shape index (κ1) is 10.4. The fourth-order valence-corrected chi connectivity index (χ4v) is 2.70. The molecule has 3 heteroatoms. The van der Waals surface area contributed by atoms with Crippen LogP contribution in [0.15, 0.2) is 0 Å². The summed E-state index contributed by atoms with van der Waals surface area (Å²) < 4.78 is 0. The topological polar surface area (TPSA) is 26.7 Å². The molecule has 0 spiro atoms. The Hall–Kier alpha value is -0.120. The van der Waals surface area contributed by atoms with E-state index in [2.05, 4.69) is 16.8 Å². The summed E-state index contributed by atoms with van der Waals surface area (Å²) in [4.78, 5) is 4.99. The molecule has 3 nitrogen and oxygen atoms in total. The average molecular weight is 198 g/mol. The first-order valence-electron chi connectivity index (χ1n) is 5.86. The maximum atomic E-state index is 9.52. The van der Waals surface area contributed by atoms with Crippen LogP contribution in [0.25, 0.3) is 0 Å². The van der Waals surface area contributed by atoms with E-state index >= 15 is 0 Å². The summed E-state index contributed by atoms with van der Waals surface area (Å²) in [7, 11) is 2.20. The summed E-state index contributed by atoms with van der Waals surface area (Å²) in [6.45, 7) is 4.83. The lowest BCUT2D eigenvalue weighted by atomic mass is 10.2.